The lowest BCUT2D eigenvalue weighted by Crippen LogP contribution is -2.33. The molecular weight excluding hydrogens is 316 g/mol. The average Bonchev–Trinajstić information content (AvgIpc) is 2.43. The van der Waals surface area contributed by atoms with Crippen molar-refractivity contribution < 1.29 is 9.59 Å². The van der Waals surface area contributed by atoms with E-state index in [1.807, 2.05) is 21.6 Å². The van der Waals surface area contributed by atoms with Crippen LogP contribution in [0, 0.1) is 0 Å². The minimum atomic E-state index is -0.125. The first kappa shape index (κ1) is 21.4. The van der Waals surface area contributed by atoms with Gasteiger partial charge in [-0.1, -0.05) is 41.0 Å². The van der Waals surface area contributed by atoms with E-state index in [1.165, 1.54) is 18.9 Å². The molecule has 0 aliphatic carbocycles. The first-order valence-corrected chi connectivity index (χ1v) is 10.2. The van der Waals surface area contributed by atoms with E-state index in [2.05, 4.69) is 31.4 Å². The van der Waals surface area contributed by atoms with Crippen LogP contribution in [0.5, 0.6) is 0 Å². The van der Waals surface area contributed by atoms with Crippen molar-refractivity contribution in [3.05, 3.63) is 12.2 Å². The van der Waals surface area contributed by atoms with Crippen LogP contribution in [0.1, 0.15) is 53.4 Å². The lowest BCUT2D eigenvalue weighted by atomic mass is 10.1. The molecule has 128 valence electrons. The fourth-order valence-electron chi connectivity index (χ4n) is 1.82. The largest absolute Gasteiger partial charge is 0.354 e. The molecule has 0 spiro atoms. The van der Waals surface area contributed by atoms with E-state index in [-0.39, 0.29) is 11.8 Å². The maximum absolute atomic E-state index is 11.6. The Bertz CT molecular complexity index is 358. The SMILES string of the molecule is C/C=C\C(=O)NCCNC(=O)CCCSSC(C)(C)CCC. The summed E-state index contributed by atoms with van der Waals surface area (Å²) in [6.45, 7) is 9.48. The fourth-order valence-corrected chi connectivity index (χ4v) is 4.59. The monoisotopic (exact) mass is 346 g/mol. The van der Waals surface area contributed by atoms with E-state index in [9.17, 15) is 9.59 Å². The minimum Gasteiger partial charge on any atom is -0.354 e. The van der Waals surface area contributed by atoms with Gasteiger partial charge in [0.2, 0.25) is 11.8 Å². The van der Waals surface area contributed by atoms with Crippen molar-refractivity contribution in [2.45, 2.75) is 58.1 Å². The molecule has 0 bridgehead atoms. The molecule has 0 saturated heterocycles. The lowest BCUT2D eigenvalue weighted by molar-refractivity contribution is -0.121. The maximum atomic E-state index is 11.6. The molecule has 0 fully saturated rings. The summed E-state index contributed by atoms with van der Waals surface area (Å²) in [6, 6.07) is 0. The Labute approximate surface area is 143 Å². The van der Waals surface area contributed by atoms with Crippen LogP contribution in [0.4, 0.5) is 0 Å². The van der Waals surface area contributed by atoms with E-state index in [1.54, 1.807) is 13.0 Å². The summed E-state index contributed by atoms with van der Waals surface area (Å²) in [5.41, 5.74) is 0. The van der Waals surface area contributed by atoms with Gasteiger partial charge >= 0.3 is 0 Å². The quantitative estimate of drug-likeness (QED) is 0.322. The number of hydrogen-bond donors (Lipinski definition) is 2. The summed E-state index contributed by atoms with van der Waals surface area (Å²) in [7, 11) is 3.77. The Balaban J connectivity index is 3.52. The van der Waals surface area contributed by atoms with Crippen molar-refractivity contribution in [3.8, 4) is 0 Å². The fraction of sp³-hybridized carbons (Fsp3) is 0.750. The highest BCUT2D eigenvalue weighted by molar-refractivity contribution is 8.77. The van der Waals surface area contributed by atoms with E-state index in [0.717, 1.165) is 12.2 Å². The summed E-state index contributed by atoms with van der Waals surface area (Å²) in [6.07, 6.45) is 7.00. The molecule has 22 heavy (non-hydrogen) atoms. The summed E-state index contributed by atoms with van der Waals surface area (Å²) in [4.78, 5) is 22.8. The van der Waals surface area contributed by atoms with Gasteiger partial charge < -0.3 is 10.6 Å². The highest BCUT2D eigenvalue weighted by atomic mass is 33.1. The van der Waals surface area contributed by atoms with Gasteiger partial charge in [-0.15, -0.1) is 0 Å². The third-order valence-electron chi connectivity index (χ3n) is 2.83. The molecule has 0 saturated carbocycles. The first-order chi connectivity index (χ1) is 10.4. The van der Waals surface area contributed by atoms with E-state index in [4.69, 9.17) is 0 Å². The van der Waals surface area contributed by atoms with Crippen LogP contribution < -0.4 is 10.6 Å². The molecule has 0 aliphatic rings. The van der Waals surface area contributed by atoms with Gasteiger partial charge in [-0.3, -0.25) is 9.59 Å². The van der Waals surface area contributed by atoms with Gasteiger partial charge in [-0.25, -0.2) is 0 Å². The van der Waals surface area contributed by atoms with E-state index in [0.29, 0.717) is 24.3 Å². The number of nitrogens with one attached hydrogen (secondary N) is 2. The van der Waals surface area contributed by atoms with Crippen LogP contribution >= 0.6 is 21.6 Å². The van der Waals surface area contributed by atoms with Gasteiger partial charge in [-0.05, 0) is 39.7 Å². The van der Waals surface area contributed by atoms with Gasteiger partial charge in [0, 0.05) is 30.0 Å². The Kier molecular flexibility index (Phi) is 12.5. The molecule has 0 aromatic rings. The highest BCUT2D eigenvalue weighted by Crippen LogP contribution is 2.38. The third kappa shape index (κ3) is 13.1. The van der Waals surface area contributed by atoms with Crippen LogP contribution in [0.3, 0.4) is 0 Å². The number of hydrogen-bond acceptors (Lipinski definition) is 4. The normalized spacial score (nSPS) is 11.6. The van der Waals surface area contributed by atoms with E-state index >= 15 is 0 Å². The van der Waals surface area contributed by atoms with Crippen LogP contribution in [-0.2, 0) is 9.59 Å². The molecule has 4 nitrogen and oxygen atoms in total. The summed E-state index contributed by atoms with van der Waals surface area (Å²) >= 11 is 0. The molecule has 0 aromatic heterocycles. The molecule has 2 amide bonds. The molecule has 0 aliphatic heterocycles. The Hall–Kier alpha value is -0.620. The van der Waals surface area contributed by atoms with Gasteiger partial charge in [-0.2, -0.15) is 0 Å². The molecule has 0 radical (unpaired) electrons. The summed E-state index contributed by atoms with van der Waals surface area (Å²) in [5, 5.41) is 5.51. The van der Waals surface area contributed by atoms with Crippen LogP contribution in [0.15, 0.2) is 12.2 Å². The molecule has 0 unspecified atom stereocenters. The van der Waals surface area contributed by atoms with Gasteiger partial charge in [0.1, 0.15) is 0 Å². The van der Waals surface area contributed by atoms with Crippen molar-refractivity contribution >= 4 is 33.4 Å². The Morgan fingerprint density at radius 1 is 1.18 bits per heavy atom. The first-order valence-electron chi connectivity index (χ1n) is 7.89. The zero-order chi connectivity index (χ0) is 16.8. The van der Waals surface area contributed by atoms with Gasteiger partial charge in [0.25, 0.3) is 0 Å². The van der Waals surface area contributed by atoms with Crippen LogP contribution in [-0.4, -0.2) is 35.4 Å². The maximum Gasteiger partial charge on any atom is 0.243 e. The van der Waals surface area contributed by atoms with Gasteiger partial charge in [0.05, 0.1) is 0 Å². The molecule has 0 aromatic carbocycles. The Morgan fingerprint density at radius 3 is 2.50 bits per heavy atom. The number of carbonyl (C=O) groups excluding carboxylic acids is 2. The summed E-state index contributed by atoms with van der Waals surface area (Å²) in [5.74, 6) is 0.919. The zero-order valence-corrected chi connectivity index (χ0v) is 15.9. The molecule has 6 heteroatoms. The summed E-state index contributed by atoms with van der Waals surface area (Å²) < 4.78 is 0.312. The molecule has 2 N–H and O–H groups in total. The molecule has 0 atom stereocenters. The second kappa shape index (κ2) is 12.9. The standard InChI is InChI=1S/C16H30N2O2S2/c1-5-8-14(19)17-11-12-18-15(20)9-7-13-21-22-16(3,4)10-6-2/h5,8H,6-7,9-13H2,1-4H3,(H,17,19)(H,18,20)/b8-5-. The van der Waals surface area contributed by atoms with Crippen molar-refractivity contribution in [2.24, 2.45) is 0 Å². The molecular formula is C16H30N2O2S2. The van der Waals surface area contributed by atoms with E-state index < -0.39 is 0 Å². The number of allylic oxidation sites excluding steroid dienone is 1. The predicted molar refractivity (Wildman–Crippen MR) is 99.1 cm³/mol. The third-order valence-corrected chi connectivity index (χ3v) is 6.27. The smallest absolute Gasteiger partial charge is 0.243 e. The number of amides is 2. The second-order valence-electron chi connectivity index (χ2n) is 5.66. The van der Waals surface area contributed by atoms with Crippen molar-refractivity contribution in [2.75, 3.05) is 18.8 Å². The predicted octanol–water partition coefficient (Wildman–Crippen LogP) is 3.54. The topological polar surface area (TPSA) is 58.2 Å². The second-order valence-corrected chi connectivity index (χ2v) is 8.78. The Morgan fingerprint density at radius 2 is 1.86 bits per heavy atom. The van der Waals surface area contributed by atoms with Crippen LogP contribution in [0.25, 0.3) is 0 Å². The highest BCUT2D eigenvalue weighted by Gasteiger charge is 2.17. The molecule has 0 heterocycles. The van der Waals surface area contributed by atoms with Crippen molar-refractivity contribution in [1.82, 2.24) is 10.6 Å². The lowest BCUT2D eigenvalue weighted by Gasteiger charge is -2.22. The minimum absolute atomic E-state index is 0.0544. The van der Waals surface area contributed by atoms with Crippen molar-refractivity contribution in [3.63, 3.8) is 0 Å². The number of carbonyl (C=O) groups is 2. The number of rotatable bonds is 12. The van der Waals surface area contributed by atoms with Crippen LogP contribution in [0.2, 0.25) is 0 Å². The molecule has 0 rings (SSSR count). The van der Waals surface area contributed by atoms with Gasteiger partial charge in [0.15, 0.2) is 0 Å². The van der Waals surface area contributed by atoms with Crippen molar-refractivity contribution in [1.29, 1.82) is 0 Å². The average molecular weight is 347 g/mol. The zero-order valence-electron chi connectivity index (χ0n) is 14.2.